The summed E-state index contributed by atoms with van der Waals surface area (Å²) in [6.07, 6.45) is 0.279. The largest absolute Gasteiger partial charge is 0.449 e. The summed E-state index contributed by atoms with van der Waals surface area (Å²) in [5.41, 5.74) is 0. The van der Waals surface area contributed by atoms with E-state index in [9.17, 15) is 13.2 Å². The minimum Gasteiger partial charge on any atom is -0.449 e. The number of hydrogen-bond acceptors (Lipinski definition) is 5. The predicted molar refractivity (Wildman–Crippen MR) is 55.9 cm³/mol. The fourth-order valence-corrected chi connectivity index (χ4v) is 2.95. The number of hydrogen-bond donors (Lipinski definition) is 2. The van der Waals surface area contributed by atoms with Crippen molar-refractivity contribution in [1.82, 2.24) is 9.03 Å². The monoisotopic (exact) mass is 252 g/mol. The number of nitrogens with one attached hydrogen (secondary N) is 1. The van der Waals surface area contributed by atoms with Gasteiger partial charge < -0.3 is 9.84 Å². The van der Waals surface area contributed by atoms with Crippen LogP contribution in [0.25, 0.3) is 0 Å². The lowest BCUT2D eigenvalue weighted by Gasteiger charge is -2.21. The third-order valence-electron chi connectivity index (χ3n) is 2.33. The van der Waals surface area contributed by atoms with E-state index in [2.05, 4.69) is 4.74 Å². The van der Waals surface area contributed by atoms with E-state index in [-0.39, 0.29) is 13.2 Å². The highest BCUT2D eigenvalue weighted by Crippen LogP contribution is 2.19. The van der Waals surface area contributed by atoms with Crippen LogP contribution in [0.5, 0.6) is 0 Å². The van der Waals surface area contributed by atoms with Crippen LogP contribution in [0.3, 0.4) is 0 Å². The van der Waals surface area contributed by atoms with E-state index in [1.54, 1.807) is 11.6 Å². The fourth-order valence-electron chi connectivity index (χ4n) is 1.63. The van der Waals surface area contributed by atoms with Gasteiger partial charge in [0.25, 0.3) is 0 Å². The van der Waals surface area contributed by atoms with Gasteiger partial charge in [-0.2, -0.15) is 12.7 Å². The van der Waals surface area contributed by atoms with E-state index in [1.807, 2.05) is 0 Å². The molecule has 0 spiro atoms. The molecule has 1 saturated heterocycles. The van der Waals surface area contributed by atoms with Gasteiger partial charge in [0.05, 0.1) is 13.2 Å². The molecular weight excluding hydrogens is 236 g/mol. The zero-order valence-electron chi connectivity index (χ0n) is 9.05. The SMILES string of the molecule is CCOC(=O)NS(=O)(=O)N1CCC[C@@H]1CO. The smallest absolute Gasteiger partial charge is 0.421 e. The molecular formula is C8H16N2O5S. The molecule has 1 heterocycles. The van der Waals surface area contributed by atoms with Gasteiger partial charge in [-0.15, -0.1) is 0 Å². The van der Waals surface area contributed by atoms with Crippen molar-refractivity contribution >= 4 is 16.3 Å². The molecule has 8 heteroatoms. The number of rotatable bonds is 4. The zero-order valence-corrected chi connectivity index (χ0v) is 9.87. The molecule has 0 aromatic rings. The van der Waals surface area contributed by atoms with Gasteiger partial charge in [0.2, 0.25) is 0 Å². The van der Waals surface area contributed by atoms with Crippen LogP contribution in [0, 0.1) is 0 Å². The summed E-state index contributed by atoms with van der Waals surface area (Å²) < 4.78 is 30.7. The summed E-state index contributed by atoms with van der Waals surface area (Å²) in [6.45, 7) is 1.74. The molecule has 0 unspecified atom stereocenters. The Bertz CT molecular complexity index is 342. The molecule has 1 amide bonds. The Kier molecular flexibility index (Phi) is 4.51. The number of amides is 1. The van der Waals surface area contributed by atoms with Crippen molar-refractivity contribution < 1.29 is 23.1 Å². The summed E-state index contributed by atoms with van der Waals surface area (Å²) in [7, 11) is -3.89. The fraction of sp³-hybridized carbons (Fsp3) is 0.875. The predicted octanol–water partition coefficient (Wildman–Crippen LogP) is -0.566. The molecule has 1 fully saturated rings. The van der Waals surface area contributed by atoms with Gasteiger partial charge in [0.1, 0.15) is 0 Å². The van der Waals surface area contributed by atoms with Crippen molar-refractivity contribution in [3.8, 4) is 0 Å². The quantitative estimate of drug-likeness (QED) is 0.698. The lowest BCUT2D eigenvalue weighted by Crippen LogP contribution is -2.46. The molecule has 1 rings (SSSR count). The second-order valence-electron chi connectivity index (χ2n) is 3.42. The number of nitrogens with zero attached hydrogens (tertiary/aromatic N) is 1. The highest BCUT2D eigenvalue weighted by molar-refractivity contribution is 7.87. The Morgan fingerprint density at radius 3 is 2.88 bits per heavy atom. The minimum absolute atomic E-state index is 0.102. The molecule has 1 atom stereocenters. The first-order valence-corrected chi connectivity index (χ1v) is 6.52. The second-order valence-corrected chi connectivity index (χ2v) is 5.04. The van der Waals surface area contributed by atoms with Crippen LogP contribution in [0.15, 0.2) is 0 Å². The van der Waals surface area contributed by atoms with Crippen LogP contribution in [0.4, 0.5) is 4.79 Å². The second kappa shape index (κ2) is 5.46. The Balaban J connectivity index is 2.66. The van der Waals surface area contributed by atoms with Gasteiger partial charge in [-0.1, -0.05) is 0 Å². The van der Waals surface area contributed by atoms with Crippen molar-refractivity contribution in [2.24, 2.45) is 0 Å². The summed E-state index contributed by atoms with van der Waals surface area (Å²) in [5, 5.41) is 8.99. The maximum Gasteiger partial charge on any atom is 0.421 e. The number of carbonyl (C=O) groups excluding carboxylic acids is 1. The minimum atomic E-state index is -3.89. The molecule has 16 heavy (non-hydrogen) atoms. The summed E-state index contributed by atoms with van der Waals surface area (Å²) >= 11 is 0. The van der Waals surface area contributed by atoms with E-state index >= 15 is 0 Å². The molecule has 1 aliphatic rings. The normalized spacial score (nSPS) is 22.0. The van der Waals surface area contributed by atoms with E-state index in [0.29, 0.717) is 19.4 Å². The van der Waals surface area contributed by atoms with Crippen LogP contribution in [-0.4, -0.2) is 49.7 Å². The zero-order chi connectivity index (χ0) is 12.2. The van der Waals surface area contributed by atoms with Gasteiger partial charge in [-0.05, 0) is 19.8 Å². The van der Waals surface area contributed by atoms with E-state index in [0.717, 1.165) is 4.31 Å². The highest BCUT2D eigenvalue weighted by atomic mass is 32.2. The molecule has 94 valence electrons. The molecule has 0 bridgehead atoms. The van der Waals surface area contributed by atoms with E-state index < -0.39 is 22.3 Å². The van der Waals surface area contributed by atoms with Gasteiger partial charge in [-0.25, -0.2) is 9.52 Å². The van der Waals surface area contributed by atoms with Crippen molar-refractivity contribution in [2.75, 3.05) is 19.8 Å². The molecule has 1 aliphatic heterocycles. The van der Waals surface area contributed by atoms with Crippen molar-refractivity contribution in [2.45, 2.75) is 25.8 Å². The van der Waals surface area contributed by atoms with E-state index in [4.69, 9.17) is 5.11 Å². The Morgan fingerprint density at radius 2 is 2.31 bits per heavy atom. The molecule has 0 aromatic heterocycles. The van der Waals surface area contributed by atoms with Gasteiger partial charge in [-0.3, -0.25) is 0 Å². The van der Waals surface area contributed by atoms with Crippen LogP contribution < -0.4 is 4.72 Å². The van der Waals surface area contributed by atoms with Crippen LogP contribution in [-0.2, 0) is 14.9 Å². The summed E-state index contributed by atoms with van der Waals surface area (Å²) in [5.74, 6) is 0. The lowest BCUT2D eigenvalue weighted by atomic mass is 10.2. The number of ether oxygens (including phenoxy) is 1. The van der Waals surface area contributed by atoms with Gasteiger partial charge in [0.15, 0.2) is 0 Å². The third kappa shape index (κ3) is 3.06. The highest BCUT2D eigenvalue weighted by Gasteiger charge is 2.34. The maximum absolute atomic E-state index is 11.7. The molecule has 0 saturated carbocycles. The Hall–Kier alpha value is -0.860. The Labute approximate surface area is 94.6 Å². The first-order chi connectivity index (χ1) is 7.51. The van der Waals surface area contributed by atoms with E-state index in [1.165, 1.54) is 0 Å². The summed E-state index contributed by atoms with van der Waals surface area (Å²) in [6, 6.07) is -0.452. The molecule has 0 aliphatic carbocycles. The van der Waals surface area contributed by atoms with Gasteiger partial charge >= 0.3 is 16.3 Å². The standard InChI is InChI=1S/C8H16N2O5S/c1-2-15-8(12)9-16(13,14)10-5-3-4-7(10)6-11/h7,11H,2-6H2,1H3,(H,9,12)/t7-/m1/s1. The molecule has 0 aromatic carbocycles. The van der Waals surface area contributed by atoms with Crippen LogP contribution >= 0.6 is 0 Å². The van der Waals surface area contributed by atoms with Crippen molar-refractivity contribution in [1.29, 1.82) is 0 Å². The van der Waals surface area contributed by atoms with Crippen molar-refractivity contribution in [3.05, 3.63) is 0 Å². The topological polar surface area (TPSA) is 95.9 Å². The molecule has 7 nitrogen and oxygen atoms in total. The third-order valence-corrected chi connectivity index (χ3v) is 3.85. The van der Waals surface area contributed by atoms with Gasteiger partial charge in [0, 0.05) is 12.6 Å². The molecule has 0 radical (unpaired) electrons. The number of carbonyl (C=O) groups is 1. The Morgan fingerprint density at radius 1 is 1.62 bits per heavy atom. The molecule has 2 N–H and O–H groups in total. The average Bonchev–Trinajstić information content (AvgIpc) is 2.65. The first kappa shape index (κ1) is 13.2. The number of aliphatic hydroxyl groups excluding tert-OH is 1. The van der Waals surface area contributed by atoms with Crippen molar-refractivity contribution in [3.63, 3.8) is 0 Å². The van der Waals surface area contributed by atoms with Crippen LogP contribution in [0.1, 0.15) is 19.8 Å². The number of aliphatic hydroxyl groups is 1. The summed E-state index contributed by atoms with van der Waals surface area (Å²) in [4.78, 5) is 11.0. The first-order valence-electron chi connectivity index (χ1n) is 5.08. The van der Waals surface area contributed by atoms with Crippen LogP contribution in [0.2, 0.25) is 0 Å². The maximum atomic E-state index is 11.7. The lowest BCUT2D eigenvalue weighted by molar-refractivity contribution is 0.157. The average molecular weight is 252 g/mol.